The van der Waals surface area contributed by atoms with Crippen molar-refractivity contribution in [2.75, 3.05) is 11.5 Å². The maximum atomic E-state index is 14.5. The number of nitrogens with zero attached hydrogens (tertiary/aromatic N) is 3. The molecule has 2 amide bonds. The van der Waals surface area contributed by atoms with Gasteiger partial charge in [0.15, 0.2) is 12.0 Å². The van der Waals surface area contributed by atoms with Crippen molar-refractivity contribution in [3.05, 3.63) is 58.1 Å². The van der Waals surface area contributed by atoms with Crippen molar-refractivity contribution >= 4 is 39.6 Å². The monoisotopic (exact) mass is 642 g/mol. The summed E-state index contributed by atoms with van der Waals surface area (Å²) in [5.74, 6) is -3.34. The van der Waals surface area contributed by atoms with Crippen LogP contribution in [0, 0.1) is 5.92 Å². The van der Waals surface area contributed by atoms with Crippen LogP contribution in [0.1, 0.15) is 89.3 Å². The molecule has 0 aliphatic carbocycles. The molecule has 1 radical (unpaired) electrons. The van der Waals surface area contributed by atoms with Gasteiger partial charge in [-0.05, 0) is 23.2 Å². The fourth-order valence-electron chi connectivity index (χ4n) is 7.11. The number of anilines is 1. The Kier molecular flexibility index (Phi) is 10.3. The Morgan fingerprint density at radius 3 is 2.09 bits per heavy atom. The van der Waals surface area contributed by atoms with Gasteiger partial charge in [0.05, 0.1) is 26.4 Å². The third-order valence-electron chi connectivity index (χ3n) is 8.79. The van der Waals surface area contributed by atoms with Crippen LogP contribution in [0.5, 0.6) is 0 Å². The van der Waals surface area contributed by atoms with E-state index in [0.717, 1.165) is 9.47 Å². The molecule has 1 saturated heterocycles. The second-order valence-electron chi connectivity index (χ2n) is 12.8. The number of hydrogen-bond acceptors (Lipinski definition) is 9. The van der Waals surface area contributed by atoms with E-state index in [0.29, 0.717) is 11.1 Å². The highest BCUT2D eigenvalue weighted by Crippen LogP contribution is 2.46. The topological polar surface area (TPSA) is 137 Å². The maximum Gasteiger partial charge on any atom is 0.351 e. The molecule has 0 saturated carbocycles. The number of rotatable bonds is 9. The Labute approximate surface area is 261 Å². The molecule has 5 rings (SSSR count). The highest BCUT2D eigenvalue weighted by Gasteiger charge is 2.57. The lowest BCUT2D eigenvalue weighted by molar-refractivity contribution is -0.271. The number of imide groups is 1. The Bertz CT molecular complexity index is 1440. The highest BCUT2D eigenvalue weighted by atomic mass is 29.2. The van der Waals surface area contributed by atoms with E-state index < -0.39 is 70.4 Å². The van der Waals surface area contributed by atoms with Gasteiger partial charge in [0.25, 0.3) is 5.91 Å². The van der Waals surface area contributed by atoms with Gasteiger partial charge in [-0.25, -0.2) is 14.6 Å². The summed E-state index contributed by atoms with van der Waals surface area (Å²) in [6.45, 7) is 18.2. The zero-order valence-electron chi connectivity index (χ0n) is 26.9. The molecule has 13 heteroatoms. The molecule has 1 aromatic carbocycles. The van der Waals surface area contributed by atoms with E-state index in [4.69, 9.17) is 14.2 Å². The summed E-state index contributed by atoms with van der Waals surface area (Å²) in [6.07, 6.45) is -2.00. The molecule has 0 unspecified atom stereocenters. The molecule has 2 bridgehead atoms. The molecule has 4 atom stereocenters. The molecule has 1 aromatic heterocycles. The van der Waals surface area contributed by atoms with E-state index in [-0.39, 0.29) is 28.0 Å². The maximum absolute atomic E-state index is 14.5. The summed E-state index contributed by atoms with van der Waals surface area (Å²) in [6, 6.07) is 7.52. The van der Waals surface area contributed by atoms with Crippen LogP contribution in [0.2, 0.25) is 22.2 Å². The van der Waals surface area contributed by atoms with Gasteiger partial charge in [0.2, 0.25) is 13.7 Å². The molecular weight excluding hydrogens is 599 g/mol. The molecule has 3 aliphatic rings. The van der Waals surface area contributed by atoms with Crippen LogP contribution in [-0.4, -0.2) is 67.2 Å². The molecule has 44 heavy (non-hydrogen) atoms. The van der Waals surface area contributed by atoms with Crippen LogP contribution in [-0.2, 0) is 19.0 Å². The second-order valence-corrected chi connectivity index (χ2v) is 24.2. The normalized spacial score (nSPS) is 22.4. The Hall–Kier alpha value is -2.82. The summed E-state index contributed by atoms with van der Waals surface area (Å²) in [5, 5.41) is 10.5. The molecular formula is C31H44N3O8Si2. The van der Waals surface area contributed by atoms with Gasteiger partial charge in [-0.15, -0.1) is 0 Å². The number of ketones is 1. The fraction of sp³-hybridized carbons (Fsp3) is 0.581. The molecule has 1 N–H and O–H groups in total. The van der Waals surface area contributed by atoms with Gasteiger partial charge < -0.3 is 9.84 Å². The predicted molar refractivity (Wildman–Crippen MR) is 169 cm³/mol. The van der Waals surface area contributed by atoms with Gasteiger partial charge in [-0.2, -0.15) is 4.98 Å². The van der Waals surface area contributed by atoms with Crippen molar-refractivity contribution in [1.82, 2.24) is 9.55 Å². The summed E-state index contributed by atoms with van der Waals surface area (Å²) < 4.78 is 14.1. The summed E-state index contributed by atoms with van der Waals surface area (Å²) in [4.78, 5) is 65.4. The first-order valence-electron chi connectivity index (χ1n) is 15.2. The zero-order valence-corrected chi connectivity index (χ0v) is 28.9. The average molecular weight is 643 g/mol. The first-order chi connectivity index (χ1) is 20.7. The van der Waals surface area contributed by atoms with Crippen molar-refractivity contribution in [2.24, 2.45) is 5.92 Å². The Morgan fingerprint density at radius 2 is 1.59 bits per heavy atom. The Morgan fingerprint density at radius 1 is 1.00 bits per heavy atom. The van der Waals surface area contributed by atoms with Crippen molar-refractivity contribution in [3.8, 4) is 0 Å². The van der Waals surface area contributed by atoms with Crippen molar-refractivity contribution in [1.29, 1.82) is 0 Å². The van der Waals surface area contributed by atoms with Crippen molar-refractivity contribution in [2.45, 2.75) is 103 Å². The quantitative estimate of drug-likeness (QED) is 0.236. The van der Waals surface area contributed by atoms with E-state index in [1.54, 1.807) is 12.1 Å². The SMILES string of the molecule is CC(=O)N1C(=O)c2ccccc2C(=O)[C@@H]2[C@H](OO[Si](C(C)C)(C(C)C)[Si](C(C)C)C(C)C)[C@@H](CO)O[C@H]2n2ccc1nc2=O. The number of fused-ring (bicyclic) bond motifs is 3. The van der Waals surface area contributed by atoms with Crippen molar-refractivity contribution < 1.29 is 33.7 Å². The van der Waals surface area contributed by atoms with Crippen LogP contribution >= 0.6 is 0 Å². The second kappa shape index (κ2) is 13.3. The fourth-order valence-corrected chi connectivity index (χ4v) is 23.5. The van der Waals surface area contributed by atoms with E-state index in [2.05, 4.69) is 60.4 Å². The average Bonchev–Trinajstić information content (AvgIpc) is 3.31. The van der Waals surface area contributed by atoms with Crippen LogP contribution in [0.15, 0.2) is 41.3 Å². The first kappa shape index (κ1) is 34.1. The third kappa shape index (κ3) is 5.81. The molecule has 2 aromatic rings. The largest absolute Gasteiger partial charge is 0.394 e. The van der Waals surface area contributed by atoms with Gasteiger partial charge in [-0.1, -0.05) is 84.7 Å². The van der Waals surface area contributed by atoms with Crippen LogP contribution in [0.3, 0.4) is 0 Å². The van der Waals surface area contributed by atoms with E-state index >= 15 is 0 Å². The number of benzene rings is 1. The minimum absolute atomic E-state index is 0.0272. The molecule has 1 fully saturated rings. The smallest absolute Gasteiger partial charge is 0.351 e. The van der Waals surface area contributed by atoms with E-state index in [1.807, 2.05) is 0 Å². The van der Waals surface area contributed by atoms with Gasteiger partial charge in [0.1, 0.15) is 18.0 Å². The summed E-state index contributed by atoms with van der Waals surface area (Å²) in [5.41, 5.74) is 0.342. The summed E-state index contributed by atoms with van der Waals surface area (Å²) >= 11 is 0. The molecule has 11 nitrogen and oxygen atoms in total. The number of carbonyl (C=O) groups is 3. The number of hydrogen-bond donors (Lipinski definition) is 1. The Balaban J connectivity index is 1.90. The lowest BCUT2D eigenvalue weighted by Gasteiger charge is -2.46. The first-order valence-corrected chi connectivity index (χ1v) is 20.0. The lowest BCUT2D eigenvalue weighted by Crippen LogP contribution is -2.61. The van der Waals surface area contributed by atoms with Gasteiger partial charge in [0, 0.05) is 18.7 Å². The number of amides is 2. The highest BCUT2D eigenvalue weighted by molar-refractivity contribution is 7.32. The standard InChI is InChI=1S/C31H44N3O8Si2/c1-17(2)43(18(3)4)44(19(5)6,20(7)8)42-41-28-24(16-35)40-30-26(28)27(37)22-12-10-11-13-23(22)29(38)34(21(9)36)25-14-15-33(30)31(39)32-25/h10-15,17-20,24,26,28,30,35H,16H2,1-9H3/t24-,26-,28-,30-/m1/s1. The minimum atomic E-state index is -2.66. The van der Waals surface area contributed by atoms with Crippen LogP contribution in [0.25, 0.3) is 0 Å². The third-order valence-corrected chi connectivity index (χ3v) is 25.9. The van der Waals surface area contributed by atoms with Gasteiger partial charge in [-0.3, -0.25) is 23.5 Å². The predicted octanol–water partition coefficient (Wildman–Crippen LogP) is 4.61. The zero-order chi connectivity index (χ0) is 32.7. The number of aromatic nitrogens is 2. The molecule has 4 heterocycles. The van der Waals surface area contributed by atoms with Crippen LogP contribution < -0.4 is 10.6 Å². The number of aliphatic hydroxyl groups is 1. The molecule has 0 spiro atoms. The van der Waals surface area contributed by atoms with Gasteiger partial charge >= 0.3 is 5.69 Å². The summed E-state index contributed by atoms with van der Waals surface area (Å²) in [7, 11) is -3.78. The minimum Gasteiger partial charge on any atom is -0.394 e. The number of aliphatic hydroxyl groups excluding tert-OH is 1. The lowest BCUT2D eigenvalue weighted by atomic mass is 9.88. The van der Waals surface area contributed by atoms with E-state index in [1.165, 1.54) is 31.3 Å². The number of ether oxygens (including phenoxy) is 1. The molecule has 239 valence electrons. The number of carbonyl (C=O) groups excluding carboxylic acids is 3. The van der Waals surface area contributed by atoms with Crippen LogP contribution in [0.4, 0.5) is 5.82 Å². The van der Waals surface area contributed by atoms with Crippen molar-refractivity contribution in [3.63, 3.8) is 0 Å². The van der Waals surface area contributed by atoms with E-state index in [9.17, 15) is 24.3 Å². The molecule has 3 aliphatic heterocycles. The number of Topliss-reactive ketones (excluding diaryl/α,β-unsaturated/α-hetero) is 1.